The molecule has 1 N–H and O–H groups in total. The lowest BCUT2D eigenvalue weighted by atomic mass is 9.85. The largest absolute Gasteiger partial charge is 0.309 e. The number of H-pyrrole nitrogens is 1. The van der Waals surface area contributed by atoms with E-state index in [1.165, 1.54) is 10.2 Å². The third kappa shape index (κ3) is 3.28. The van der Waals surface area contributed by atoms with Crippen LogP contribution in [-0.4, -0.2) is 26.4 Å². The SMILES string of the molecule is Cc1nc2c([C@@H](C)c3ccc(C(C)(C)C)cc3)nn(CCF)c2c(=O)[nH]1. The maximum atomic E-state index is 12.9. The quantitative estimate of drug-likeness (QED) is 0.772. The summed E-state index contributed by atoms with van der Waals surface area (Å²) in [5, 5.41) is 4.52. The molecule has 1 atom stereocenters. The van der Waals surface area contributed by atoms with Gasteiger partial charge in [-0.05, 0) is 23.5 Å². The molecular weight excluding hydrogens is 331 g/mol. The summed E-state index contributed by atoms with van der Waals surface area (Å²) in [6, 6.07) is 8.42. The minimum Gasteiger partial charge on any atom is -0.309 e. The van der Waals surface area contributed by atoms with Crippen LogP contribution < -0.4 is 5.56 Å². The molecule has 6 heteroatoms. The predicted molar refractivity (Wildman–Crippen MR) is 102 cm³/mol. The number of nitrogens with one attached hydrogen (secondary N) is 1. The number of halogens is 1. The number of benzene rings is 1. The van der Waals surface area contributed by atoms with Crippen molar-refractivity contribution < 1.29 is 4.39 Å². The van der Waals surface area contributed by atoms with Crippen LogP contribution in [0.1, 0.15) is 56.3 Å². The van der Waals surface area contributed by atoms with Crippen LogP contribution in [0.2, 0.25) is 0 Å². The Balaban J connectivity index is 2.11. The van der Waals surface area contributed by atoms with Crippen molar-refractivity contribution in [3.05, 3.63) is 57.3 Å². The van der Waals surface area contributed by atoms with Crippen LogP contribution in [0.25, 0.3) is 11.0 Å². The summed E-state index contributed by atoms with van der Waals surface area (Å²) in [6.45, 7) is 9.76. The van der Waals surface area contributed by atoms with Gasteiger partial charge in [0.05, 0.1) is 12.2 Å². The topological polar surface area (TPSA) is 63.6 Å². The van der Waals surface area contributed by atoms with Crippen molar-refractivity contribution in [3.8, 4) is 0 Å². The Morgan fingerprint density at radius 3 is 2.46 bits per heavy atom. The van der Waals surface area contributed by atoms with Crippen molar-refractivity contribution in [2.24, 2.45) is 0 Å². The van der Waals surface area contributed by atoms with E-state index in [-0.39, 0.29) is 23.4 Å². The molecule has 0 aliphatic carbocycles. The molecule has 0 aliphatic rings. The molecule has 0 amide bonds. The predicted octanol–water partition coefficient (Wildman–Crippen LogP) is 3.85. The van der Waals surface area contributed by atoms with Crippen LogP contribution in [0.15, 0.2) is 29.1 Å². The fourth-order valence-corrected chi connectivity index (χ4v) is 3.19. The first-order valence-electron chi connectivity index (χ1n) is 8.86. The number of aryl methyl sites for hydroxylation is 2. The molecular formula is C20H25FN4O. The van der Waals surface area contributed by atoms with Crippen molar-refractivity contribution in [3.63, 3.8) is 0 Å². The number of rotatable bonds is 4. The highest BCUT2D eigenvalue weighted by molar-refractivity contribution is 5.77. The summed E-state index contributed by atoms with van der Waals surface area (Å²) in [5.74, 6) is 0.472. The fraction of sp³-hybridized carbons (Fsp3) is 0.450. The summed E-state index contributed by atoms with van der Waals surface area (Å²) in [4.78, 5) is 19.5. The van der Waals surface area contributed by atoms with E-state index >= 15 is 0 Å². The van der Waals surface area contributed by atoms with Gasteiger partial charge in [0, 0.05) is 5.92 Å². The summed E-state index contributed by atoms with van der Waals surface area (Å²) >= 11 is 0. The van der Waals surface area contributed by atoms with E-state index in [1.807, 2.05) is 6.92 Å². The average Bonchev–Trinajstić information content (AvgIpc) is 2.92. The molecule has 0 saturated heterocycles. The number of fused-ring (bicyclic) bond motifs is 1. The van der Waals surface area contributed by atoms with Gasteiger partial charge >= 0.3 is 0 Å². The second-order valence-electron chi connectivity index (χ2n) is 7.74. The molecule has 1 aromatic carbocycles. The smallest absolute Gasteiger partial charge is 0.277 e. The standard InChI is InChI=1S/C20H25FN4O/c1-12(14-6-8-15(9-7-14)20(3,4)5)16-17-18(25(24-16)11-10-21)19(26)23-13(2)22-17/h6-9,12H,10-11H2,1-5H3,(H,22,23,26)/t12-/m0/s1. The number of alkyl halides is 1. The Hall–Kier alpha value is -2.50. The highest BCUT2D eigenvalue weighted by Crippen LogP contribution is 2.30. The molecule has 0 unspecified atom stereocenters. The van der Waals surface area contributed by atoms with Crippen LogP contribution >= 0.6 is 0 Å². The van der Waals surface area contributed by atoms with Crippen LogP contribution in [0, 0.1) is 6.92 Å². The van der Waals surface area contributed by atoms with E-state index in [2.05, 4.69) is 60.1 Å². The summed E-state index contributed by atoms with van der Waals surface area (Å²) in [5.41, 5.74) is 3.73. The van der Waals surface area contributed by atoms with Gasteiger partial charge in [-0.25, -0.2) is 9.37 Å². The first kappa shape index (κ1) is 18.3. The van der Waals surface area contributed by atoms with Crippen molar-refractivity contribution in [1.29, 1.82) is 0 Å². The monoisotopic (exact) mass is 356 g/mol. The van der Waals surface area contributed by atoms with E-state index in [4.69, 9.17) is 0 Å². The van der Waals surface area contributed by atoms with Gasteiger partial charge in [-0.1, -0.05) is 52.0 Å². The van der Waals surface area contributed by atoms with Gasteiger partial charge in [-0.3, -0.25) is 9.48 Å². The first-order chi connectivity index (χ1) is 12.2. The van der Waals surface area contributed by atoms with Gasteiger partial charge in [0.1, 0.15) is 18.0 Å². The molecule has 3 aromatic rings. The Kier molecular flexibility index (Phi) is 4.69. The van der Waals surface area contributed by atoms with Gasteiger partial charge in [0.15, 0.2) is 5.52 Å². The molecule has 0 fully saturated rings. The van der Waals surface area contributed by atoms with Gasteiger partial charge in [-0.2, -0.15) is 5.10 Å². The maximum absolute atomic E-state index is 12.9. The summed E-state index contributed by atoms with van der Waals surface area (Å²) in [6.07, 6.45) is 0. The zero-order valence-corrected chi connectivity index (χ0v) is 15.9. The van der Waals surface area contributed by atoms with E-state index in [0.29, 0.717) is 22.6 Å². The minimum absolute atomic E-state index is 0.0417. The highest BCUT2D eigenvalue weighted by Gasteiger charge is 2.22. The molecule has 0 spiro atoms. The van der Waals surface area contributed by atoms with Crippen LogP contribution in [-0.2, 0) is 12.0 Å². The zero-order chi connectivity index (χ0) is 19.1. The van der Waals surface area contributed by atoms with E-state index in [0.717, 1.165) is 5.56 Å². The molecule has 0 radical (unpaired) electrons. The normalized spacial score (nSPS) is 13.3. The Labute approximate surface area is 152 Å². The summed E-state index contributed by atoms with van der Waals surface area (Å²) in [7, 11) is 0. The Morgan fingerprint density at radius 1 is 1.23 bits per heavy atom. The molecule has 138 valence electrons. The number of hydrogen-bond donors (Lipinski definition) is 1. The third-order valence-corrected chi connectivity index (χ3v) is 4.73. The minimum atomic E-state index is -0.585. The lowest BCUT2D eigenvalue weighted by molar-refractivity contribution is 0.431. The highest BCUT2D eigenvalue weighted by atomic mass is 19.1. The molecule has 3 rings (SSSR count). The number of aromatic amines is 1. The average molecular weight is 356 g/mol. The van der Waals surface area contributed by atoms with Crippen LogP contribution in [0.4, 0.5) is 4.39 Å². The second kappa shape index (κ2) is 6.67. The first-order valence-corrected chi connectivity index (χ1v) is 8.86. The van der Waals surface area contributed by atoms with E-state index in [1.54, 1.807) is 6.92 Å². The van der Waals surface area contributed by atoms with Crippen LogP contribution in [0.5, 0.6) is 0 Å². The molecule has 0 aliphatic heterocycles. The second-order valence-corrected chi connectivity index (χ2v) is 7.74. The fourth-order valence-electron chi connectivity index (χ4n) is 3.19. The third-order valence-electron chi connectivity index (χ3n) is 4.73. The van der Waals surface area contributed by atoms with Crippen molar-refractivity contribution >= 4 is 11.0 Å². The molecule has 0 saturated carbocycles. The Morgan fingerprint density at radius 2 is 1.88 bits per heavy atom. The molecule has 2 aromatic heterocycles. The Bertz CT molecular complexity index is 980. The van der Waals surface area contributed by atoms with E-state index < -0.39 is 6.67 Å². The van der Waals surface area contributed by atoms with Gasteiger partial charge < -0.3 is 4.98 Å². The number of nitrogens with zero attached hydrogens (tertiary/aromatic N) is 3. The van der Waals surface area contributed by atoms with Crippen molar-refractivity contribution in [2.75, 3.05) is 6.67 Å². The van der Waals surface area contributed by atoms with Crippen LogP contribution in [0.3, 0.4) is 0 Å². The van der Waals surface area contributed by atoms with Gasteiger partial charge in [0.25, 0.3) is 5.56 Å². The number of aromatic nitrogens is 4. The van der Waals surface area contributed by atoms with Gasteiger partial charge in [-0.15, -0.1) is 0 Å². The van der Waals surface area contributed by atoms with Crippen molar-refractivity contribution in [2.45, 2.75) is 52.5 Å². The maximum Gasteiger partial charge on any atom is 0.277 e. The van der Waals surface area contributed by atoms with Gasteiger partial charge in [0.2, 0.25) is 0 Å². The zero-order valence-electron chi connectivity index (χ0n) is 15.9. The number of hydrogen-bond acceptors (Lipinski definition) is 3. The van der Waals surface area contributed by atoms with Crippen molar-refractivity contribution in [1.82, 2.24) is 19.7 Å². The lowest BCUT2D eigenvalue weighted by Crippen LogP contribution is -2.14. The molecule has 0 bridgehead atoms. The lowest BCUT2D eigenvalue weighted by Gasteiger charge is -2.20. The molecule has 2 heterocycles. The summed E-state index contributed by atoms with van der Waals surface area (Å²) < 4.78 is 14.3. The molecule has 5 nitrogen and oxygen atoms in total. The van der Waals surface area contributed by atoms with E-state index in [9.17, 15) is 9.18 Å². The molecule has 26 heavy (non-hydrogen) atoms.